The number of hydrogen-bond acceptors (Lipinski definition) is 3. The van der Waals surface area contributed by atoms with Crippen LogP contribution >= 0.6 is 11.6 Å². The van der Waals surface area contributed by atoms with Gasteiger partial charge in [0.15, 0.2) is 0 Å². The van der Waals surface area contributed by atoms with E-state index in [1.807, 2.05) is 0 Å². The third-order valence-corrected chi connectivity index (χ3v) is 4.96. The van der Waals surface area contributed by atoms with E-state index in [9.17, 15) is 14.7 Å². The van der Waals surface area contributed by atoms with Crippen molar-refractivity contribution in [2.45, 2.75) is 31.7 Å². The Morgan fingerprint density at radius 3 is 2.58 bits per heavy atom. The number of phenolic OH excluding ortho intramolecular Hbond substituents is 1. The lowest BCUT2D eigenvalue weighted by Crippen LogP contribution is -2.45. The molecular formula is C20H21ClN2O3. The highest BCUT2D eigenvalue weighted by Crippen LogP contribution is 2.32. The molecule has 0 aromatic heterocycles. The zero-order chi connectivity index (χ0) is 18.7. The summed E-state index contributed by atoms with van der Waals surface area (Å²) in [5.41, 5.74) is 7.26. The molecule has 1 aliphatic rings. The molecule has 3 N–H and O–H groups in total. The maximum absolute atomic E-state index is 12.9. The van der Waals surface area contributed by atoms with E-state index < -0.39 is 0 Å². The number of primary amides is 1. The van der Waals surface area contributed by atoms with Gasteiger partial charge in [0.25, 0.3) is 5.91 Å². The number of amides is 2. The third-order valence-electron chi connectivity index (χ3n) is 4.73. The molecule has 5 nitrogen and oxygen atoms in total. The Morgan fingerprint density at radius 1 is 1.15 bits per heavy atom. The first-order valence-corrected chi connectivity index (χ1v) is 9.01. The van der Waals surface area contributed by atoms with Crippen LogP contribution in [0.2, 0.25) is 5.02 Å². The molecule has 1 atom stereocenters. The number of likely N-dealkylation sites (tertiary alicyclic amines) is 1. The standard InChI is InChI=1S/C20H21ClN2O3/c21-15-8-9-18(24)17(11-15)13-4-6-14(7-5-13)20(26)23-10-2-1-3-16(23)12-19(22)25/h4-9,11,16,24H,1-3,10,12H2,(H2,22,25). The van der Waals surface area contributed by atoms with Crippen LogP contribution in [-0.2, 0) is 4.79 Å². The average Bonchev–Trinajstić information content (AvgIpc) is 2.63. The number of phenols is 1. The van der Waals surface area contributed by atoms with Crippen LogP contribution in [0, 0.1) is 0 Å². The molecule has 2 amide bonds. The van der Waals surface area contributed by atoms with Crippen LogP contribution in [-0.4, -0.2) is 34.4 Å². The molecule has 1 fully saturated rings. The number of benzene rings is 2. The molecule has 6 heteroatoms. The van der Waals surface area contributed by atoms with Crippen molar-refractivity contribution in [3.8, 4) is 16.9 Å². The predicted octanol–water partition coefficient (Wildman–Crippen LogP) is 3.58. The highest BCUT2D eigenvalue weighted by Gasteiger charge is 2.28. The Labute approximate surface area is 157 Å². The van der Waals surface area contributed by atoms with Gasteiger partial charge in [-0.25, -0.2) is 0 Å². The zero-order valence-corrected chi connectivity index (χ0v) is 15.1. The van der Waals surface area contributed by atoms with Gasteiger partial charge in [-0.2, -0.15) is 0 Å². The number of carbonyl (C=O) groups excluding carboxylic acids is 2. The Hall–Kier alpha value is -2.53. The lowest BCUT2D eigenvalue weighted by Gasteiger charge is -2.35. The fraction of sp³-hybridized carbons (Fsp3) is 0.300. The van der Waals surface area contributed by atoms with Crippen LogP contribution in [0.5, 0.6) is 5.75 Å². The van der Waals surface area contributed by atoms with Crippen molar-refractivity contribution in [2.75, 3.05) is 6.54 Å². The molecule has 2 aromatic carbocycles. The molecule has 1 heterocycles. The van der Waals surface area contributed by atoms with E-state index in [4.69, 9.17) is 17.3 Å². The molecule has 0 aliphatic carbocycles. The molecule has 0 bridgehead atoms. The second-order valence-electron chi connectivity index (χ2n) is 6.56. The van der Waals surface area contributed by atoms with Gasteiger partial charge in [-0.15, -0.1) is 0 Å². The van der Waals surface area contributed by atoms with Gasteiger partial charge in [0.1, 0.15) is 5.75 Å². The van der Waals surface area contributed by atoms with Crippen LogP contribution in [0.15, 0.2) is 42.5 Å². The summed E-state index contributed by atoms with van der Waals surface area (Å²) in [5, 5.41) is 10.5. The maximum atomic E-state index is 12.9. The molecule has 2 aromatic rings. The Morgan fingerprint density at radius 2 is 1.88 bits per heavy atom. The summed E-state index contributed by atoms with van der Waals surface area (Å²) in [6, 6.07) is 11.7. The van der Waals surface area contributed by atoms with Crippen LogP contribution < -0.4 is 5.73 Å². The number of carbonyl (C=O) groups is 2. The first kappa shape index (κ1) is 18.3. The van der Waals surface area contributed by atoms with Crippen molar-refractivity contribution in [3.63, 3.8) is 0 Å². The fourth-order valence-corrected chi connectivity index (χ4v) is 3.58. The van der Waals surface area contributed by atoms with E-state index in [2.05, 4.69) is 0 Å². The van der Waals surface area contributed by atoms with Crippen molar-refractivity contribution in [1.82, 2.24) is 4.90 Å². The van der Waals surface area contributed by atoms with Crippen LogP contribution in [0.3, 0.4) is 0 Å². The number of hydrogen-bond donors (Lipinski definition) is 2. The SMILES string of the molecule is NC(=O)CC1CCCCN1C(=O)c1ccc(-c2cc(Cl)ccc2O)cc1. The summed E-state index contributed by atoms with van der Waals surface area (Å²) in [4.78, 5) is 25.9. The highest BCUT2D eigenvalue weighted by molar-refractivity contribution is 6.31. The van der Waals surface area contributed by atoms with E-state index in [0.717, 1.165) is 24.8 Å². The first-order valence-electron chi connectivity index (χ1n) is 8.64. The summed E-state index contributed by atoms with van der Waals surface area (Å²) in [5.74, 6) is -0.356. The molecule has 0 spiro atoms. The lowest BCUT2D eigenvalue weighted by molar-refractivity contribution is -0.119. The van der Waals surface area contributed by atoms with Gasteiger partial charge in [-0.3, -0.25) is 9.59 Å². The van der Waals surface area contributed by atoms with Crippen molar-refractivity contribution >= 4 is 23.4 Å². The van der Waals surface area contributed by atoms with Crippen LogP contribution in [0.4, 0.5) is 0 Å². The van der Waals surface area contributed by atoms with E-state index in [1.165, 1.54) is 0 Å². The summed E-state index contributed by atoms with van der Waals surface area (Å²) in [6.45, 7) is 0.633. The molecule has 0 saturated carbocycles. The van der Waals surface area contributed by atoms with E-state index >= 15 is 0 Å². The van der Waals surface area contributed by atoms with E-state index in [0.29, 0.717) is 22.7 Å². The molecule has 3 rings (SSSR count). The number of nitrogens with two attached hydrogens (primary N) is 1. The van der Waals surface area contributed by atoms with Crippen LogP contribution in [0.25, 0.3) is 11.1 Å². The summed E-state index contributed by atoms with van der Waals surface area (Å²) >= 11 is 6.00. The predicted molar refractivity (Wildman–Crippen MR) is 101 cm³/mol. The summed E-state index contributed by atoms with van der Waals surface area (Å²) < 4.78 is 0. The topological polar surface area (TPSA) is 83.6 Å². The Kier molecular flexibility index (Phi) is 5.47. The number of aromatic hydroxyl groups is 1. The van der Waals surface area contributed by atoms with Crippen molar-refractivity contribution < 1.29 is 14.7 Å². The zero-order valence-electron chi connectivity index (χ0n) is 14.3. The minimum absolute atomic E-state index is 0.0992. The minimum Gasteiger partial charge on any atom is -0.507 e. The molecule has 1 aliphatic heterocycles. The maximum Gasteiger partial charge on any atom is 0.254 e. The normalized spacial score (nSPS) is 17.1. The summed E-state index contributed by atoms with van der Waals surface area (Å²) in [6.07, 6.45) is 2.91. The lowest BCUT2D eigenvalue weighted by atomic mass is 9.97. The monoisotopic (exact) mass is 372 g/mol. The largest absolute Gasteiger partial charge is 0.507 e. The number of piperidine rings is 1. The molecular weight excluding hydrogens is 352 g/mol. The summed E-state index contributed by atoms with van der Waals surface area (Å²) in [7, 11) is 0. The average molecular weight is 373 g/mol. The number of nitrogens with zero attached hydrogens (tertiary/aromatic N) is 1. The van der Waals surface area contributed by atoms with E-state index in [-0.39, 0.29) is 30.0 Å². The van der Waals surface area contributed by atoms with Crippen molar-refractivity contribution in [2.24, 2.45) is 5.73 Å². The van der Waals surface area contributed by atoms with Gasteiger partial charge >= 0.3 is 0 Å². The van der Waals surface area contributed by atoms with Gasteiger partial charge in [0.2, 0.25) is 5.91 Å². The third kappa shape index (κ3) is 3.99. The molecule has 26 heavy (non-hydrogen) atoms. The van der Waals surface area contributed by atoms with Gasteiger partial charge in [-0.1, -0.05) is 23.7 Å². The molecule has 0 radical (unpaired) electrons. The van der Waals surface area contributed by atoms with Gasteiger partial charge in [0, 0.05) is 35.2 Å². The second-order valence-corrected chi connectivity index (χ2v) is 6.99. The second kappa shape index (κ2) is 7.79. The van der Waals surface area contributed by atoms with Gasteiger partial charge < -0.3 is 15.7 Å². The molecule has 136 valence electrons. The van der Waals surface area contributed by atoms with Crippen LogP contribution in [0.1, 0.15) is 36.0 Å². The molecule has 1 unspecified atom stereocenters. The minimum atomic E-state index is -0.388. The highest BCUT2D eigenvalue weighted by atomic mass is 35.5. The van der Waals surface area contributed by atoms with Crippen molar-refractivity contribution in [1.29, 1.82) is 0 Å². The fourth-order valence-electron chi connectivity index (χ4n) is 3.41. The molecule has 1 saturated heterocycles. The van der Waals surface area contributed by atoms with Gasteiger partial charge in [0.05, 0.1) is 0 Å². The Balaban J connectivity index is 1.82. The van der Waals surface area contributed by atoms with Gasteiger partial charge in [-0.05, 0) is 55.2 Å². The number of halogens is 1. The van der Waals surface area contributed by atoms with Crippen molar-refractivity contribution in [3.05, 3.63) is 53.1 Å². The van der Waals surface area contributed by atoms with E-state index in [1.54, 1.807) is 47.4 Å². The number of rotatable bonds is 4. The first-order chi connectivity index (χ1) is 12.5. The quantitative estimate of drug-likeness (QED) is 0.860. The smallest absolute Gasteiger partial charge is 0.254 e. The Bertz CT molecular complexity index is 820.